The van der Waals surface area contributed by atoms with Crippen LogP contribution in [0.2, 0.25) is 0 Å². The maximum Gasteiger partial charge on any atom is 0.306 e. The molecule has 23 heavy (non-hydrogen) atoms. The van der Waals surface area contributed by atoms with Crippen molar-refractivity contribution in [2.75, 3.05) is 20.8 Å². The summed E-state index contributed by atoms with van der Waals surface area (Å²) in [5, 5.41) is 1.09. The molecule has 0 saturated carbocycles. The zero-order valence-electron chi connectivity index (χ0n) is 13.3. The number of benzene rings is 1. The first-order valence-corrected chi connectivity index (χ1v) is 7.65. The molecule has 1 aliphatic rings. The van der Waals surface area contributed by atoms with Gasteiger partial charge in [0.2, 0.25) is 5.91 Å². The van der Waals surface area contributed by atoms with E-state index in [4.69, 9.17) is 4.74 Å². The van der Waals surface area contributed by atoms with Gasteiger partial charge in [-0.2, -0.15) is 0 Å². The van der Waals surface area contributed by atoms with Crippen LogP contribution in [-0.4, -0.2) is 42.5 Å². The fourth-order valence-corrected chi connectivity index (χ4v) is 3.06. The lowest BCUT2D eigenvalue weighted by atomic mass is 10.0. The fourth-order valence-electron chi connectivity index (χ4n) is 3.06. The molecule has 0 unspecified atom stereocenters. The second-order valence-corrected chi connectivity index (χ2v) is 5.61. The van der Waals surface area contributed by atoms with Gasteiger partial charge in [-0.15, -0.1) is 0 Å². The quantitative estimate of drug-likeness (QED) is 0.876. The van der Waals surface area contributed by atoms with Crippen LogP contribution >= 0.6 is 0 Å². The SMILES string of the molecule is COC(=O)CCC(=O)N1CCc2[nH]c3c(OC)cccc3c2C1. The van der Waals surface area contributed by atoms with E-state index < -0.39 is 0 Å². The van der Waals surface area contributed by atoms with Crippen LogP contribution in [0.5, 0.6) is 5.75 Å². The third kappa shape index (κ3) is 2.88. The van der Waals surface area contributed by atoms with Gasteiger partial charge >= 0.3 is 5.97 Å². The molecular weight excluding hydrogens is 296 g/mol. The fraction of sp³-hybridized carbons (Fsp3) is 0.412. The Bertz CT molecular complexity index is 750. The van der Waals surface area contributed by atoms with Crippen molar-refractivity contribution in [3.63, 3.8) is 0 Å². The van der Waals surface area contributed by atoms with Crippen LogP contribution in [0.1, 0.15) is 24.1 Å². The van der Waals surface area contributed by atoms with Gasteiger partial charge in [-0.25, -0.2) is 0 Å². The second kappa shape index (κ2) is 6.32. The van der Waals surface area contributed by atoms with Crippen LogP contribution in [0.4, 0.5) is 0 Å². The number of rotatable bonds is 4. The summed E-state index contributed by atoms with van der Waals surface area (Å²) in [6.07, 6.45) is 1.09. The lowest BCUT2D eigenvalue weighted by Crippen LogP contribution is -2.35. The number of carbonyl (C=O) groups excluding carboxylic acids is 2. The minimum atomic E-state index is -0.354. The predicted octanol–water partition coefficient (Wildman–Crippen LogP) is 2.01. The monoisotopic (exact) mass is 316 g/mol. The summed E-state index contributed by atoms with van der Waals surface area (Å²) in [6, 6.07) is 5.91. The third-order valence-electron chi connectivity index (χ3n) is 4.32. The van der Waals surface area contributed by atoms with Crippen LogP contribution in [-0.2, 0) is 27.3 Å². The maximum atomic E-state index is 12.3. The van der Waals surface area contributed by atoms with Crippen molar-refractivity contribution >= 4 is 22.8 Å². The van der Waals surface area contributed by atoms with Gasteiger partial charge in [0.25, 0.3) is 0 Å². The molecule has 6 nitrogen and oxygen atoms in total. The van der Waals surface area contributed by atoms with E-state index in [2.05, 4.69) is 9.72 Å². The number of hydrogen-bond acceptors (Lipinski definition) is 4. The number of ether oxygens (including phenoxy) is 2. The van der Waals surface area contributed by atoms with Gasteiger partial charge in [0.1, 0.15) is 5.75 Å². The van der Waals surface area contributed by atoms with Gasteiger partial charge in [-0.3, -0.25) is 9.59 Å². The third-order valence-corrected chi connectivity index (χ3v) is 4.32. The molecule has 0 bridgehead atoms. The molecule has 1 N–H and O–H groups in total. The Morgan fingerprint density at radius 2 is 2.09 bits per heavy atom. The van der Waals surface area contributed by atoms with E-state index in [9.17, 15) is 9.59 Å². The number of fused-ring (bicyclic) bond motifs is 3. The van der Waals surface area contributed by atoms with E-state index in [0.717, 1.165) is 34.3 Å². The Morgan fingerprint density at radius 1 is 1.26 bits per heavy atom. The number of nitrogens with one attached hydrogen (secondary N) is 1. The molecule has 6 heteroatoms. The second-order valence-electron chi connectivity index (χ2n) is 5.61. The number of aromatic nitrogens is 1. The Labute approximate surface area is 134 Å². The zero-order chi connectivity index (χ0) is 16.4. The number of nitrogens with zero attached hydrogens (tertiary/aromatic N) is 1. The van der Waals surface area contributed by atoms with Gasteiger partial charge in [0.05, 0.1) is 26.2 Å². The standard InChI is InChI=1S/C17H20N2O4/c1-22-14-5-3-4-11-12-10-19(9-8-13(12)18-17(11)14)15(20)6-7-16(21)23-2/h3-5,18H,6-10H2,1-2H3. The summed E-state index contributed by atoms with van der Waals surface area (Å²) in [7, 11) is 2.98. The molecule has 0 radical (unpaired) electrons. The summed E-state index contributed by atoms with van der Waals surface area (Å²) in [4.78, 5) is 28.7. The Balaban J connectivity index is 1.80. The van der Waals surface area contributed by atoms with Gasteiger partial charge < -0.3 is 19.4 Å². The van der Waals surface area contributed by atoms with Crippen molar-refractivity contribution in [2.24, 2.45) is 0 Å². The topological polar surface area (TPSA) is 71.6 Å². The number of amides is 1. The first kappa shape index (κ1) is 15.4. The Morgan fingerprint density at radius 3 is 2.83 bits per heavy atom. The van der Waals surface area contributed by atoms with E-state index in [1.54, 1.807) is 12.0 Å². The molecule has 1 aromatic carbocycles. The molecule has 2 heterocycles. The average Bonchev–Trinajstić information content (AvgIpc) is 2.97. The normalized spacial score (nSPS) is 13.7. The molecule has 2 aromatic rings. The highest BCUT2D eigenvalue weighted by Crippen LogP contribution is 2.32. The van der Waals surface area contributed by atoms with Crippen molar-refractivity contribution < 1.29 is 19.1 Å². The zero-order valence-corrected chi connectivity index (χ0v) is 13.3. The smallest absolute Gasteiger partial charge is 0.306 e. The van der Waals surface area contributed by atoms with E-state index >= 15 is 0 Å². The summed E-state index contributed by atoms with van der Waals surface area (Å²) < 4.78 is 9.98. The molecule has 1 aromatic heterocycles. The lowest BCUT2D eigenvalue weighted by molar-refractivity contribution is -0.143. The maximum absolute atomic E-state index is 12.3. The summed E-state index contributed by atoms with van der Waals surface area (Å²) >= 11 is 0. The van der Waals surface area contributed by atoms with Crippen molar-refractivity contribution in [1.29, 1.82) is 0 Å². The van der Waals surface area contributed by atoms with Crippen molar-refractivity contribution in [3.05, 3.63) is 29.5 Å². The molecule has 0 saturated heterocycles. The van der Waals surface area contributed by atoms with E-state index in [0.29, 0.717) is 13.1 Å². The van der Waals surface area contributed by atoms with Crippen LogP contribution in [0.15, 0.2) is 18.2 Å². The van der Waals surface area contributed by atoms with Crippen molar-refractivity contribution in [3.8, 4) is 5.75 Å². The van der Waals surface area contributed by atoms with Crippen molar-refractivity contribution in [1.82, 2.24) is 9.88 Å². The van der Waals surface area contributed by atoms with Gasteiger partial charge in [0, 0.05) is 42.6 Å². The minimum Gasteiger partial charge on any atom is -0.495 e. The van der Waals surface area contributed by atoms with Gasteiger partial charge in [0.15, 0.2) is 0 Å². The number of H-pyrrole nitrogens is 1. The number of hydrogen-bond donors (Lipinski definition) is 1. The van der Waals surface area contributed by atoms with Crippen LogP contribution < -0.4 is 4.74 Å². The molecular formula is C17H20N2O4. The van der Waals surface area contributed by atoms with Crippen molar-refractivity contribution in [2.45, 2.75) is 25.8 Å². The number of aromatic amines is 1. The molecule has 1 amide bonds. The number of carbonyl (C=O) groups is 2. The highest BCUT2D eigenvalue weighted by atomic mass is 16.5. The van der Waals surface area contributed by atoms with Gasteiger partial charge in [-0.1, -0.05) is 12.1 Å². The molecule has 122 valence electrons. The molecule has 1 aliphatic heterocycles. The Kier molecular flexibility index (Phi) is 4.23. The number of esters is 1. The highest BCUT2D eigenvalue weighted by molar-refractivity contribution is 5.90. The lowest BCUT2D eigenvalue weighted by Gasteiger charge is -2.27. The summed E-state index contributed by atoms with van der Waals surface area (Å²) in [6.45, 7) is 1.21. The molecule has 0 atom stereocenters. The van der Waals surface area contributed by atoms with E-state index in [-0.39, 0.29) is 24.7 Å². The molecule has 0 spiro atoms. The van der Waals surface area contributed by atoms with E-state index in [1.165, 1.54) is 7.11 Å². The highest BCUT2D eigenvalue weighted by Gasteiger charge is 2.25. The minimum absolute atomic E-state index is 0.0155. The first-order chi connectivity index (χ1) is 11.1. The van der Waals surface area contributed by atoms with Crippen LogP contribution in [0, 0.1) is 0 Å². The summed E-state index contributed by atoms with van der Waals surface area (Å²) in [5.74, 6) is 0.437. The predicted molar refractivity (Wildman–Crippen MR) is 85.2 cm³/mol. The summed E-state index contributed by atoms with van der Waals surface area (Å²) in [5.41, 5.74) is 3.27. The molecule has 3 rings (SSSR count). The largest absolute Gasteiger partial charge is 0.495 e. The Hall–Kier alpha value is -2.50. The first-order valence-electron chi connectivity index (χ1n) is 7.65. The average molecular weight is 316 g/mol. The molecule has 0 fully saturated rings. The number of para-hydroxylation sites is 1. The number of methoxy groups -OCH3 is 2. The van der Waals surface area contributed by atoms with Crippen LogP contribution in [0.25, 0.3) is 10.9 Å². The van der Waals surface area contributed by atoms with Gasteiger partial charge in [-0.05, 0) is 6.07 Å². The van der Waals surface area contributed by atoms with Crippen LogP contribution in [0.3, 0.4) is 0 Å². The van der Waals surface area contributed by atoms with E-state index in [1.807, 2.05) is 18.2 Å². The molecule has 0 aliphatic carbocycles.